The number of carbonyl (C=O) groups excluding carboxylic acids is 1. The first-order valence-corrected chi connectivity index (χ1v) is 5.69. The Bertz CT molecular complexity index is 445. The van der Waals surface area contributed by atoms with Crippen molar-refractivity contribution in [3.63, 3.8) is 0 Å². The minimum atomic E-state index is -4.42. The highest BCUT2D eigenvalue weighted by molar-refractivity contribution is 5.85. The van der Waals surface area contributed by atoms with Gasteiger partial charge in [0.15, 0.2) is 0 Å². The summed E-state index contributed by atoms with van der Waals surface area (Å²) in [5.41, 5.74) is -0.796. The standard InChI is InChI=1S/C12H13F3N2O/c13-12(14,15)8-4-1-2-5-9(8)17-10-6-3-7-16-11(10)18/h1-2,4-5,10,17H,3,6-7H2,(H,16,18). The molecule has 6 heteroatoms. The molecule has 1 amide bonds. The highest BCUT2D eigenvalue weighted by Crippen LogP contribution is 2.35. The summed E-state index contributed by atoms with van der Waals surface area (Å²) >= 11 is 0. The monoisotopic (exact) mass is 258 g/mol. The third-order valence-corrected chi connectivity index (χ3v) is 2.85. The van der Waals surface area contributed by atoms with Crippen molar-refractivity contribution in [2.45, 2.75) is 25.1 Å². The average molecular weight is 258 g/mol. The Morgan fingerprint density at radius 3 is 2.67 bits per heavy atom. The predicted octanol–water partition coefficient (Wildman–Crippen LogP) is 2.40. The minimum absolute atomic E-state index is 0.0490. The summed E-state index contributed by atoms with van der Waals surface area (Å²) in [4.78, 5) is 11.5. The van der Waals surface area contributed by atoms with Crippen molar-refractivity contribution in [3.05, 3.63) is 29.8 Å². The van der Waals surface area contributed by atoms with Crippen LogP contribution in [-0.4, -0.2) is 18.5 Å². The zero-order valence-corrected chi connectivity index (χ0v) is 9.55. The van der Waals surface area contributed by atoms with Crippen LogP contribution in [0.3, 0.4) is 0 Å². The molecule has 0 bridgehead atoms. The van der Waals surface area contributed by atoms with E-state index in [1.807, 2.05) is 0 Å². The quantitative estimate of drug-likeness (QED) is 0.855. The maximum absolute atomic E-state index is 12.8. The molecule has 18 heavy (non-hydrogen) atoms. The van der Waals surface area contributed by atoms with Crippen LogP contribution < -0.4 is 10.6 Å². The molecule has 0 aromatic heterocycles. The minimum Gasteiger partial charge on any atom is -0.373 e. The van der Waals surface area contributed by atoms with E-state index < -0.39 is 17.8 Å². The Balaban J connectivity index is 2.21. The molecule has 2 rings (SSSR count). The molecule has 3 nitrogen and oxygen atoms in total. The first-order valence-electron chi connectivity index (χ1n) is 5.69. The van der Waals surface area contributed by atoms with Crippen LogP contribution in [0.4, 0.5) is 18.9 Å². The summed E-state index contributed by atoms with van der Waals surface area (Å²) < 4.78 is 38.3. The summed E-state index contributed by atoms with van der Waals surface area (Å²) in [5, 5.41) is 5.30. The fourth-order valence-electron chi connectivity index (χ4n) is 1.95. The van der Waals surface area contributed by atoms with Gasteiger partial charge in [0.25, 0.3) is 0 Å². The van der Waals surface area contributed by atoms with Crippen molar-refractivity contribution in [2.75, 3.05) is 11.9 Å². The fraction of sp³-hybridized carbons (Fsp3) is 0.417. The van der Waals surface area contributed by atoms with Gasteiger partial charge in [0.2, 0.25) is 5.91 Å². The van der Waals surface area contributed by atoms with Gasteiger partial charge in [-0.05, 0) is 25.0 Å². The molecule has 1 aromatic rings. The zero-order chi connectivity index (χ0) is 13.2. The number of anilines is 1. The van der Waals surface area contributed by atoms with Gasteiger partial charge in [-0.25, -0.2) is 0 Å². The topological polar surface area (TPSA) is 41.1 Å². The molecular formula is C12H13F3N2O. The number of para-hydroxylation sites is 1. The van der Waals surface area contributed by atoms with E-state index in [2.05, 4.69) is 10.6 Å². The molecule has 1 aliphatic rings. The van der Waals surface area contributed by atoms with E-state index in [4.69, 9.17) is 0 Å². The summed E-state index contributed by atoms with van der Waals surface area (Å²) in [6.45, 7) is 0.581. The predicted molar refractivity (Wildman–Crippen MR) is 61.1 cm³/mol. The number of carbonyl (C=O) groups is 1. The van der Waals surface area contributed by atoms with Crippen LogP contribution in [0.15, 0.2) is 24.3 Å². The molecular weight excluding hydrogens is 245 g/mol. The number of nitrogens with one attached hydrogen (secondary N) is 2. The summed E-state index contributed by atoms with van der Waals surface area (Å²) in [7, 11) is 0. The molecule has 1 fully saturated rings. The second kappa shape index (κ2) is 4.88. The van der Waals surface area contributed by atoms with Crippen LogP contribution in [0.25, 0.3) is 0 Å². The Hall–Kier alpha value is -1.72. The molecule has 0 saturated carbocycles. The van der Waals surface area contributed by atoms with Gasteiger partial charge in [-0.1, -0.05) is 12.1 Å². The number of amides is 1. The van der Waals surface area contributed by atoms with Gasteiger partial charge in [0.05, 0.1) is 5.56 Å². The van der Waals surface area contributed by atoms with Crippen molar-refractivity contribution in [3.8, 4) is 0 Å². The summed E-state index contributed by atoms with van der Waals surface area (Å²) in [5.74, 6) is -0.252. The number of alkyl halides is 3. The Labute approximate surface area is 102 Å². The lowest BCUT2D eigenvalue weighted by Gasteiger charge is -2.25. The Kier molecular flexibility index (Phi) is 3.45. The number of piperidine rings is 1. The maximum Gasteiger partial charge on any atom is 0.418 e. The molecule has 1 saturated heterocycles. The van der Waals surface area contributed by atoms with Crippen molar-refractivity contribution in [1.29, 1.82) is 0 Å². The Morgan fingerprint density at radius 1 is 1.28 bits per heavy atom. The fourth-order valence-corrected chi connectivity index (χ4v) is 1.95. The van der Waals surface area contributed by atoms with Crippen LogP contribution in [0.1, 0.15) is 18.4 Å². The molecule has 1 heterocycles. The van der Waals surface area contributed by atoms with Gasteiger partial charge in [-0.15, -0.1) is 0 Å². The first-order chi connectivity index (χ1) is 8.48. The molecule has 0 spiro atoms. The van der Waals surface area contributed by atoms with Crippen molar-refractivity contribution >= 4 is 11.6 Å². The van der Waals surface area contributed by atoms with E-state index in [1.165, 1.54) is 18.2 Å². The van der Waals surface area contributed by atoms with E-state index in [9.17, 15) is 18.0 Å². The van der Waals surface area contributed by atoms with Gasteiger partial charge >= 0.3 is 6.18 Å². The Morgan fingerprint density at radius 2 is 2.00 bits per heavy atom. The molecule has 0 aliphatic carbocycles. The largest absolute Gasteiger partial charge is 0.418 e. The highest BCUT2D eigenvalue weighted by Gasteiger charge is 2.34. The van der Waals surface area contributed by atoms with Gasteiger partial charge < -0.3 is 10.6 Å². The smallest absolute Gasteiger partial charge is 0.373 e. The number of benzene rings is 1. The average Bonchev–Trinajstić information content (AvgIpc) is 2.31. The zero-order valence-electron chi connectivity index (χ0n) is 9.55. The molecule has 1 aromatic carbocycles. The second-order valence-corrected chi connectivity index (χ2v) is 4.17. The van der Waals surface area contributed by atoms with E-state index in [-0.39, 0.29) is 11.6 Å². The molecule has 0 radical (unpaired) electrons. The number of halogens is 3. The first kappa shape index (κ1) is 12.7. The summed E-state index contributed by atoms with van der Waals surface area (Å²) in [6.07, 6.45) is -3.12. The molecule has 2 N–H and O–H groups in total. The molecule has 1 atom stereocenters. The van der Waals surface area contributed by atoms with Crippen LogP contribution in [0.5, 0.6) is 0 Å². The maximum atomic E-state index is 12.8. The number of rotatable bonds is 2. The molecule has 1 unspecified atom stereocenters. The van der Waals surface area contributed by atoms with Crippen molar-refractivity contribution < 1.29 is 18.0 Å². The van der Waals surface area contributed by atoms with Gasteiger partial charge in [0.1, 0.15) is 6.04 Å². The molecule has 1 aliphatic heterocycles. The number of hydrogen-bond donors (Lipinski definition) is 2. The van der Waals surface area contributed by atoms with Crippen LogP contribution in [-0.2, 0) is 11.0 Å². The highest BCUT2D eigenvalue weighted by atomic mass is 19.4. The number of hydrogen-bond acceptors (Lipinski definition) is 2. The molecule has 98 valence electrons. The van der Waals surface area contributed by atoms with Crippen LogP contribution in [0.2, 0.25) is 0 Å². The third kappa shape index (κ3) is 2.75. The van der Waals surface area contributed by atoms with E-state index >= 15 is 0 Å². The summed E-state index contributed by atoms with van der Waals surface area (Å²) in [6, 6.07) is 4.59. The van der Waals surface area contributed by atoms with Crippen molar-refractivity contribution in [2.24, 2.45) is 0 Å². The third-order valence-electron chi connectivity index (χ3n) is 2.85. The second-order valence-electron chi connectivity index (χ2n) is 4.17. The van der Waals surface area contributed by atoms with Crippen LogP contribution in [0, 0.1) is 0 Å². The van der Waals surface area contributed by atoms with E-state index in [0.717, 1.165) is 12.5 Å². The van der Waals surface area contributed by atoms with Gasteiger partial charge in [-0.3, -0.25) is 4.79 Å². The van der Waals surface area contributed by atoms with Gasteiger partial charge in [0, 0.05) is 12.2 Å². The van der Waals surface area contributed by atoms with Crippen LogP contribution >= 0.6 is 0 Å². The van der Waals surface area contributed by atoms with E-state index in [0.29, 0.717) is 13.0 Å². The van der Waals surface area contributed by atoms with Gasteiger partial charge in [-0.2, -0.15) is 13.2 Å². The van der Waals surface area contributed by atoms with E-state index in [1.54, 1.807) is 0 Å². The normalized spacial score (nSPS) is 20.4. The van der Waals surface area contributed by atoms with Crippen molar-refractivity contribution in [1.82, 2.24) is 5.32 Å². The SMILES string of the molecule is O=C1NCCCC1Nc1ccccc1C(F)(F)F. The lowest BCUT2D eigenvalue weighted by Crippen LogP contribution is -2.44. The lowest BCUT2D eigenvalue weighted by molar-refractivity contribution is -0.137. The lowest BCUT2D eigenvalue weighted by atomic mass is 10.1.